The van der Waals surface area contributed by atoms with E-state index < -0.39 is 17.4 Å². The van der Waals surface area contributed by atoms with Gasteiger partial charge in [-0.1, -0.05) is 0 Å². The van der Waals surface area contributed by atoms with Crippen molar-refractivity contribution in [3.8, 4) is 0 Å². The topological polar surface area (TPSA) is 104 Å². The molecule has 2 saturated heterocycles. The Hall–Kier alpha value is -1.63. The Morgan fingerprint density at radius 1 is 1.44 bits per heavy atom. The van der Waals surface area contributed by atoms with E-state index in [4.69, 9.17) is 5.73 Å². The summed E-state index contributed by atoms with van der Waals surface area (Å²) in [6.45, 7) is 2.83. The third kappa shape index (κ3) is 1.84. The van der Waals surface area contributed by atoms with Crippen molar-refractivity contribution in [2.24, 2.45) is 5.73 Å². The predicted molar refractivity (Wildman–Crippen MR) is 61.1 cm³/mol. The number of aliphatic hydroxyl groups is 1. The fourth-order valence-corrected chi connectivity index (χ4v) is 2.59. The predicted octanol–water partition coefficient (Wildman–Crippen LogP) is -1.94. The number of primary amides is 1. The fraction of sp³-hybridized carbons (Fsp3) is 0.727. The van der Waals surface area contributed by atoms with Crippen LogP contribution in [0.5, 0.6) is 0 Å². The standard InChI is InChI=1S/C11H17N3O4/c1-7(15)13-4-2-8(6-13)14-5-3-11(18,9(12)16)10(14)17/h8,18H,2-6H2,1H3,(H2,12,16). The summed E-state index contributed by atoms with van der Waals surface area (Å²) in [6, 6.07) is -0.130. The van der Waals surface area contributed by atoms with Crippen LogP contribution in [0, 0.1) is 0 Å². The normalized spacial score (nSPS) is 32.1. The van der Waals surface area contributed by atoms with Crippen LogP contribution in [0.4, 0.5) is 0 Å². The van der Waals surface area contributed by atoms with Crippen LogP contribution in [0.25, 0.3) is 0 Å². The van der Waals surface area contributed by atoms with Crippen LogP contribution in [0.3, 0.4) is 0 Å². The first-order valence-electron chi connectivity index (χ1n) is 5.95. The number of amides is 3. The molecule has 2 heterocycles. The molecule has 0 aromatic carbocycles. The molecule has 0 spiro atoms. The molecule has 2 fully saturated rings. The van der Waals surface area contributed by atoms with Crippen molar-refractivity contribution in [3.63, 3.8) is 0 Å². The minimum Gasteiger partial charge on any atom is -0.372 e. The van der Waals surface area contributed by atoms with E-state index in [1.807, 2.05) is 0 Å². The van der Waals surface area contributed by atoms with Gasteiger partial charge in [0.2, 0.25) is 11.5 Å². The highest BCUT2D eigenvalue weighted by Crippen LogP contribution is 2.28. The van der Waals surface area contributed by atoms with Gasteiger partial charge in [-0.2, -0.15) is 0 Å². The summed E-state index contributed by atoms with van der Waals surface area (Å²) < 4.78 is 0. The van der Waals surface area contributed by atoms with E-state index in [1.54, 1.807) is 4.90 Å². The monoisotopic (exact) mass is 255 g/mol. The van der Waals surface area contributed by atoms with Crippen molar-refractivity contribution in [2.45, 2.75) is 31.4 Å². The molecule has 18 heavy (non-hydrogen) atoms. The molecule has 0 aliphatic carbocycles. The zero-order valence-corrected chi connectivity index (χ0v) is 10.3. The number of carbonyl (C=O) groups is 3. The fourth-order valence-electron chi connectivity index (χ4n) is 2.59. The highest BCUT2D eigenvalue weighted by atomic mass is 16.3. The highest BCUT2D eigenvalue weighted by Gasteiger charge is 2.52. The van der Waals surface area contributed by atoms with Crippen LogP contribution in [0.2, 0.25) is 0 Å². The molecular weight excluding hydrogens is 238 g/mol. The number of carbonyl (C=O) groups excluding carboxylic acids is 3. The molecule has 2 unspecified atom stereocenters. The van der Waals surface area contributed by atoms with E-state index in [0.29, 0.717) is 26.1 Å². The molecule has 2 aliphatic heterocycles. The third-order valence-electron chi connectivity index (χ3n) is 3.79. The van der Waals surface area contributed by atoms with E-state index >= 15 is 0 Å². The van der Waals surface area contributed by atoms with E-state index in [1.165, 1.54) is 11.8 Å². The number of rotatable bonds is 2. The molecule has 0 radical (unpaired) electrons. The van der Waals surface area contributed by atoms with Gasteiger partial charge in [0.05, 0.1) is 6.04 Å². The van der Waals surface area contributed by atoms with Gasteiger partial charge in [-0.15, -0.1) is 0 Å². The summed E-state index contributed by atoms with van der Waals surface area (Å²) in [5, 5.41) is 9.90. The summed E-state index contributed by atoms with van der Waals surface area (Å²) in [6.07, 6.45) is 0.692. The van der Waals surface area contributed by atoms with Gasteiger partial charge in [0.15, 0.2) is 0 Å². The molecule has 100 valence electrons. The molecule has 7 heteroatoms. The van der Waals surface area contributed by atoms with Gasteiger partial charge in [-0.05, 0) is 6.42 Å². The molecule has 0 saturated carbocycles. The maximum atomic E-state index is 12.0. The summed E-state index contributed by atoms with van der Waals surface area (Å²) in [4.78, 5) is 37.5. The zero-order chi connectivity index (χ0) is 13.5. The number of likely N-dealkylation sites (tertiary alicyclic amines) is 2. The second-order valence-corrected chi connectivity index (χ2v) is 4.88. The number of hydrogen-bond acceptors (Lipinski definition) is 4. The van der Waals surface area contributed by atoms with Gasteiger partial charge in [0, 0.05) is 33.0 Å². The van der Waals surface area contributed by atoms with Gasteiger partial charge >= 0.3 is 0 Å². The molecule has 0 aromatic rings. The van der Waals surface area contributed by atoms with Gasteiger partial charge in [-0.3, -0.25) is 14.4 Å². The van der Waals surface area contributed by atoms with Crippen LogP contribution in [-0.4, -0.2) is 63.9 Å². The first-order chi connectivity index (χ1) is 8.36. The van der Waals surface area contributed by atoms with Crippen LogP contribution < -0.4 is 5.73 Å². The molecule has 2 atom stereocenters. The quantitative estimate of drug-likeness (QED) is 0.560. The molecule has 3 amide bonds. The molecule has 0 bridgehead atoms. The van der Waals surface area contributed by atoms with Crippen molar-refractivity contribution in [3.05, 3.63) is 0 Å². The van der Waals surface area contributed by atoms with Crippen molar-refractivity contribution in [1.29, 1.82) is 0 Å². The minimum absolute atomic E-state index is 0.0255. The maximum absolute atomic E-state index is 12.0. The molecule has 2 aliphatic rings. The van der Waals surface area contributed by atoms with Gasteiger partial charge < -0.3 is 20.6 Å². The van der Waals surface area contributed by atoms with Crippen LogP contribution in [-0.2, 0) is 14.4 Å². The van der Waals surface area contributed by atoms with E-state index in [2.05, 4.69) is 0 Å². The smallest absolute Gasteiger partial charge is 0.264 e. The van der Waals surface area contributed by atoms with Gasteiger partial charge in [0.25, 0.3) is 11.8 Å². The number of nitrogens with two attached hydrogens (primary N) is 1. The molecule has 0 aromatic heterocycles. The summed E-state index contributed by atoms with van der Waals surface area (Å²) in [5.74, 6) is -1.67. The Balaban J connectivity index is 2.07. The summed E-state index contributed by atoms with van der Waals surface area (Å²) >= 11 is 0. The van der Waals surface area contributed by atoms with Crippen molar-refractivity contribution in [2.75, 3.05) is 19.6 Å². The Morgan fingerprint density at radius 3 is 2.56 bits per heavy atom. The third-order valence-corrected chi connectivity index (χ3v) is 3.79. The summed E-state index contributed by atoms with van der Waals surface area (Å²) in [7, 11) is 0. The maximum Gasteiger partial charge on any atom is 0.264 e. The van der Waals surface area contributed by atoms with Crippen molar-refractivity contribution < 1.29 is 19.5 Å². The highest BCUT2D eigenvalue weighted by molar-refractivity contribution is 6.09. The Kier molecular flexibility index (Phi) is 3.02. The SMILES string of the molecule is CC(=O)N1CCC(N2CCC(O)(C(N)=O)C2=O)C1. The van der Waals surface area contributed by atoms with E-state index in [0.717, 1.165) is 0 Å². The van der Waals surface area contributed by atoms with E-state index in [-0.39, 0.29) is 18.4 Å². The lowest BCUT2D eigenvalue weighted by Crippen LogP contribution is -2.52. The first kappa shape index (κ1) is 12.8. The molecular formula is C11H17N3O4. The zero-order valence-electron chi connectivity index (χ0n) is 10.3. The molecule has 7 nitrogen and oxygen atoms in total. The van der Waals surface area contributed by atoms with Gasteiger partial charge in [-0.25, -0.2) is 0 Å². The van der Waals surface area contributed by atoms with Crippen molar-refractivity contribution in [1.82, 2.24) is 9.80 Å². The number of nitrogens with zero attached hydrogens (tertiary/aromatic N) is 2. The minimum atomic E-state index is -2.07. The average Bonchev–Trinajstić information content (AvgIpc) is 2.86. The van der Waals surface area contributed by atoms with Crippen LogP contribution in [0.1, 0.15) is 19.8 Å². The average molecular weight is 255 g/mol. The van der Waals surface area contributed by atoms with E-state index in [9.17, 15) is 19.5 Å². The largest absolute Gasteiger partial charge is 0.372 e. The molecule has 3 N–H and O–H groups in total. The second-order valence-electron chi connectivity index (χ2n) is 4.88. The lowest BCUT2D eigenvalue weighted by Gasteiger charge is -2.25. The van der Waals surface area contributed by atoms with Gasteiger partial charge in [0.1, 0.15) is 0 Å². The second kappa shape index (κ2) is 4.24. The summed E-state index contributed by atoms with van der Waals surface area (Å²) in [5.41, 5.74) is 2.99. The lowest BCUT2D eigenvalue weighted by molar-refractivity contribution is -0.153. The molecule has 2 rings (SSSR count). The Bertz CT molecular complexity index is 411. The van der Waals surface area contributed by atoms with Crippen molar-refractivity contribution >= 4 is 17.7 Å². The Morgan fingerprint density at radius 2 is 2.11 bits per heavy atom. The lowest BCUT2D eigenvalue weighted by atomic mass is 10.0. The number of hydrogen-bond donors (Lipinski definition) is 2. The Labute approximate surface area is 105 Å². The first-order valence-corrected chi connectivity index (χ1v) is 5.95. The van der Waals surface area contributed by atoms with Crippen LogP contribution in [0.15, 0.2) is 0 Å². The van der Waals surface area contributed by atoms with Crippen LogP contribution >= 0.6 is 0 Å².